The molecule has 0 fully saturated rings. The lowest BCUT2D eigenvalue weighted by Crippen LogP contribution is -2.09. The first-order valence-electron chi connectivity index (χ1n) is 4.92. The molecule has 0 saturated carbocycles. The SMILES string of the molecule is COc1c(C)cc(NC(C)=O)c(C)c1C=O. The lowest BCUT2D eigenvalue weighted by Gasteiger charge is -2.14. The Kier molecular flexibility index (Phi) is 3.66. The molecule has 0 aliphatic carbocycles. The van der Waals surface area contributed by atoms with Gasteiger partial charge in [0.1, 0.15) is 5.75 Å². The van der Waals surface area contributed by atoms with Crippen LogP contribution in [0.3, 0.4) is 0 Å². The maximum atomic E-state index is 11.0. The van der Waals surface area contributed by atoms with Crippen LogP contribution in [0.5, 0.6) is 5.75 Å². The van der Waals surface area contributed by atoms with Crippen LogP contribution >= 0.6 is 0 Å². The number of methoxy groups -OCH3 is 1. The summed E-state index contributed by atoms with van der Waals surface area (Å²) < 4.78 is 5.16. The molecule has 86 valence electrons. The maximum absolute atomic E-state index is 11.0. The summed E-state index contributed by atoms with van der Waals surface area (Å²) in [6.45, 7) is 5.03. The second-order valence-electron chi connectivity index (χ2n) is 3.61. The van der Waals surface area contributed by atoms with Gasteiger partial charge in [-0.25, -0.2) is 0 Å². The molecule has 1 N–H and O–H groups in total. The average Bonchev–Trinajstić information content (AvgIpc) is 2.21. The molecule has 1 amide bonds. The quantitative estimate of drug-likeness (QED) is 0.795. The molecule has 0 saturated heterocycles. The Hall–Kier alpha value is -1.84. The van der Waals surface area contributed by atoms with E-state index >= 15 is 0 Å². The van der Waals surface area contributed by atoms with Crippen LogP contribution in [-0.4, -0.2) is 19.3 Å². The fraction of sp³-hybridized carbons (Fsp3) is 0.333. The number of hydrogen-bond donors (Lipinski definition) is 1. The molecule has 0 spiro atoms. The first-order valence-corrected chi connectivity index (χ1v) is 4.92. The van der Waals surface area contributed by atoms with Crippen LogP contribution in [-0.2, 0) is 4.79 Å². The first-order chi connectivity index (χ1) is 7.51. The van der Waals surface area contributed by atoms with Crippen LogP contribution in [0.15, 0.2) is 6.07 Å². The van der Waals surface area contributed by atoms with Gasteiger partial charge in [0.15, 0.2) is 6.29 Å². The molecule has 0 aliphatic rings. The van der Waals surface area contributed by atoms with E-state index in [2.05, 4.69) is 5.32 Å². The van der Waals surface area contributed by atoms with Gasteiger partial charge in [0.2, 0.25) is 5.91 Å². The van der Waals surface area contributed by atoms with Crippen LogP contribution in [0.2, 0.25) is 0 Å². The summed E-state index contributed by atoms with van der Waals surface area (Å²) in [5.41, 5.74) is 2.66. The molecule has 0 aliphatic heterocycles. The molecule has 0 atom stereocenters. The molecule has 0 unspecified atom stereocenters. The van der Waals surface area contributed by atoms with Crippen molar-refractivity contribution in [2.24, 2.45) is 0 Å². The van der Waals surface area contributed by atoms with Crippen molar-refractivity contribution < 1.29 is 14.3 Å². The number of carbonyl (C=O) groups is 2. The third-order valence-corrected chi connectivity index (χ3v) is 2.40. The van der Waals surface area contributed by atoms with Gasteiger partial charge in [-0.15, -0.1) is 0 Å². The Morgan fingerprint density at radius 3 is 2.50 bits per heavy atom. The third-order valence-electron chi connectivity index (χ3n) is 2.40. The highest BCUT2D eigenvalue weighted by atomic mass is 16.5. The molecule has 1 rings (SSSR count). The van der Waals surface area contributed by atoms with Gasteiger partial charge >= 0.3 is 0 Å². The van der Waals surface area contributed by atoms with Crippen molar-refractivity contribution in [2.75, 3.05) is 12.4 Å². The minimum Gasteiger partial charge on any atom is -0.496 e. The molecule has 0 bridgehead atoms. The van der Waals surface area contributed by atoms with E-state index in [1.54, 1.807) is 13.0 Å². The second kappa shape index (κ2) is 4.79. The van der Waals surface area contributed by atoms with Gasteiger partial charge in [-0.05, 0) is 31.0 Å². The first kappa shape index (κ1) is 12.2. The highest BCUT2D eigenvalue weighted by molar-refractivity contribution is 5.93. The van der Waals surface area contributed by atoms with Gasteiger partial charge in [0.05, 0.1) is 12.7 Å². The Labute approximate surface area is 94.6 Å². The van der Waals surface area contributed by atoms with E-state index in [4.69, 9.17) is 4.74 Å². The maximum Gasteiger partial charge on any atom is 0.221 e. The van der Waals surface area contributed by atoms with E-state index in [-0.39, 0.29) is 5.91 Å². The van der Waals surface area contributed by atoms with Crippen LogP contribution in [0.4, 0.5) is 5.69 Å². The van der Waals surface area contributed by atoms with Gasteiger partial charge in [-0.3, -0.25) is 9.59 Å². The number of hydrogen-bond acceptors (Lipinski definition) is 3. The van der Waals surface area contributed by atoms with E-state index in [9.17, 15) is 9.59 Å². The molecule has 1 aromatic rings. The van der Waals surface area contributed by atoms with Crippen molar-refractivity contribution >= 4 is 17.9 Å². The zero-order valence-electron chi connectivity index (χ0n) is 9.88. The smallest absolute Gasteiger partial charge is 0.221 e. The van der Waals surface area contributed by atoms with Crippen LogP contribution in [0, 0.1) is 13.8 Å². The zero-order valence-corrected chi connectivity index (χ0v) is 9.88. The molecule has 4 nitrogen and oxygen atoms in total. The van der Waals surface area contributed by atoms with Gasteiger partial charge in [0, 0.05) is 12.6 Å². The number of aryl methyl sites for hydroxylation is 1. The van der Waals surface area contributed by atoms with Gasteiger partial charge in [-0.1, -0.05) is 0 Å². The van der Waals surface area contributed by atoms with E-state index < -0.39 is 0 Å². The second-order valence-corrected chi connectivity index (χ2v) is 3.61. The molecule has 0 aromatic heterocycles. The summed E-state index contributed by atoms with van der Waals surface area (Å²) in [6.07, 6.45) is 0.743. The zero-order chi connectivity index (χ0) is 12.3. The molecule has 16 heavy (non-hydrogen) atoms. The fourth-order valence-corrected chi connectivity index (χ4v) is 1.65. The summed E-state index contributed by atoms with van der Waals surface area (Å²) in [4.78, 5) is 22.0. The summed E-state index contributed by atoms with van der Waals surface area (Å²) in [6, 6.07) is 1.79. The Morgan fingerprint density at radius 2 is 2.06 bits per heavy atom. The Morgan fingerprint density at radius 1 is 1.44 bits per heavy atom. The van der Waals surface area contributed by atoms with Crippen LogP contribution < -0.4 is 10.1 Å². The number of aldehydes is 1. The average molecular weight is 221 g/mol. The predicted octanol–water partition coefficient (Wildman–Crippen LogP) is 2.08. The molecule has 4 heteroatoms. The fourth-order valence-electron chi connectivity index (χ4n) is 1.65. The molecular formula is C12H15NO3. The highest BCUT2D eigenvalue weighted by Crippen LogP contribution is 2.30. The summed E-state index contributed by atoms with van der Waals surface area (Å²) in [7, 11) is 1.52. The van der Waals surface area contributed by atoms with Crippen molar-refractivity contribution in [3.63, 3.8) is 0 Å². The van der Waals surface area contributed by atoms with E-state index in [0.717, 1.165) is 11.8 Å². The number of nitrogens with one attached hydrogen (secondary N) is 1. The number of amides is 1. The van der Waals surface area contributed by atoms with Crippen LogP contribution in [0.1, 0.15) is 28.4 Å². The lowest BCUT2D eigenvalue weighted by atomic mass is 10.0. The normalized spacial score (nSPS) is 9.75. The summed E-state index contributed by atoms with van der Waals surface area (Å²) >= 11 is 0. The largest absolute Gasteiger partial charge is 0.496 e. The van der Waals surface area contributed by atoms with E-state index in [1.165, 1.54) is 14.0 Å². The Balaban J connectivity index is 3.39. The molecule has 0 radical (unpaired) electrons. The predicted molar refractivity (Wildman–Crippen MR) is 62.2 cm³/mol. The van der Waals surface area contributed by atoms with Crippen LogP contribution in [0.25, 0.3) is 0 Å². The number of ether oxygens (including phenoxy) is 1. The van der Waals surface area contributed by atoms with Crippen molar-refractivity contribution in [3.8, 4) is 5.75 Å². The van der Waals surface area contributed by atoms with E-state index in [0.29, 0.717) is 22.6 Å². The minimum absolute atomic E-state index is 0.162. The summed E-state index contributed by atoms with van der Waals surface area (Å²) in [5.74, 6) is 0.395. The standard InChI is InChI=1S/C12H15NO3/c1-7-5-11(13-9(3)15)8(2)10(6-14)12(7)16-4/h5-6H,1-4H3,(H,13,15). The number of carbonyl (C=O) groups excluding carboxylic acids is 2. The minimum atomic E-state index is -0.162. The van der Waals surface area contributed by atoms with Gasteiger partial charge < -0.3 is 10.1 Å². The topological polar surface area (TPSA) is 55.4 Å². The highest BCUT2D eigenvalue weighted by Gasteiger charge is 2.13. The monoisotopic (exact) mass is 221 g/mol. The van der Waals surface area contributed by atoms with Gasteiger partial charge in [-0.2, -0.15) is 0 Å². The molecule has 1 aromatic carbocycles. The van der Waals surface area contributed by atoms with Crippen molar-refractivity contribution in [1.82, 2.24) is 0 Å². The number of rotatable bonds is 3. The summed E-state index contributed by atoms with van der Waals surface area (Å²) in [5, 5.41) is 2.69. The van der Waals surface area contributed by atoms with E-state index in [1.807, 2.05) is 6.92 Å². The lowest BCUT2D eigenvalue weighted by molar-refractivity contribution is -0.114. The van der Waals surface area contributed by atoms with Crippen molar-refractivity contribution in [2.45, 2.75) is 20.8 Å². The third kappa shape index (κ3) is 2.21. The molecular weight excluding hydrogens is 206 g/mol. The van der Waals surface area contributed by atoms with Crippen molar-refractivity contribution in [3.05, 3.63) is 22.8 Å². The number of benzene rings is 1. The number of anilines is 1. The van der Waals surface area contributed by atoms with Gasteiger partial charge in [0.25, 0.3) is 0 Å². The molecule has 0 heterocycles. The van der Waals surface area contributed by atoms with Crippen molar-refractivity contribution in [1.29, 1.82) is 0 Å². The Bertz CT molecular complexity index is 438.